The van der Waals surface area contributed by atoms with Crippen molar-refractivity contribution >= 4 is 29.0 Å². The van der Waals surface area contributed by atoms with E-state index >= 15 is 0 Å². The zero-order chi connectivity index (χ0) is 12.3. The Morgan fingerprint density at radius 2 is 2.00 bits per heavy atom. The van der Waals surface area contributed by atoms with Crippen molar-refractivity contribution in [1.82, 2.24) is 10.2 Å². The van der Waals surface area contributed by atoms with Crippen molar-refractivity contribution in [2.45, 2.75) is 33.1 Å². The van der Waals surface area contributed by atoms with Crippen molar-refractivity contribution in [3.8, 4) is 0 Å². The second-order valence-corrected chi connectivity index (χ2v) is 5.26. The molecule has 0 saturated heterocycles. The Balaban J connectivity index is 2.87. The summed E-state index contributed by atoms with van der Waals surface area (Å²) in [5.74, 6) is 0.384. The maximum Gasteiger partial charge on any atom is 0.156 e. The number of alkyl halides is 1. The van der Waals surface area contributed by atoms with Crippen molar-refractivity contribution < 1.29 is 4.79 Å². The second kappa shape index (κ2) is 5.11. The number of rotatable bonds is 3. The normalized spacial score (nSPS) is 11.6. The van der Waals surface area contributed by atoms with Gasteiger partial charge in [-0.15, -0.1) is 16.7 Å². The van der Waals surface area contributed by atoms with Crippen LogP contribution >= 0.6 is 23.2 Å². The number of Topliss-reactive ketones (excluding diaryl/α,β-unsaturated/α-hetero) is 1. The Kier molecular flexibility index (Phi) is 4.28. The molecule has 0 aliphatic carbocycles. The van der Waals surface area contributed by atoms with E-state index in [4.69, 9.17) is 23.2 Å². The van der Waals surface area contributed by atoms with Crippen LogP contribution in [0.3, 0.4) is 0 Å². The van der Waals surface area contributed by atoms with Gasteiger partial charge in [-0.05, 0) is 6.07 Å². The molecular weight excluding hydrogens is 247 g/mol. The quantitative estimate of drug-likeness (QED) is 0.785. The fraction of sp³-hybridized carbons (Fsp3) is 0.545. The van der Waals surface area contributed by atoms with Crippen LogP contribution in [0.4, 0.5) is 0 Å². The van der Waals surface area contributed by atoms with Crippen LogP contribution in [0.15, 0.2) is 6.07 Å². The molecular formula is C11H14Cl2N2O. The molecule has 0 atom stereocenters. The summed E-state index contributed by atoms with van der Waals surface area (Å²) in [5, 5.41) is 7.94. The molecule has 0 aliphatic heterocycles. The first kappa shape index (κ1) is 13.4. The first-order chi connectivity index (χ1) is 7.34. The molecule has 1 rings (SSSR count). The van der Waals surface area contributed by atoms with Crippen molar-refractivity contribution in [3.05, 3.63) is 22.5 Å². The molecule has 1 heterocycles. The molecule has 5 heteroatoms. The lowest BCUT2D eigenvalue weighted by atomic mass is 9.88. The lowest BCUT2D eigenvalue weighted by Gasteiger charge is -2.15. The average molecular weight is 261 g/mol. The van der Waals surface area contributed by atoms with Crippen LogP contribution in [0.2, 0.25) is 5.15 Å². The predicted molar refractivity (Wildman–Crippen MR) is 64.8 cm³/mol. The Morgan fingerprint density at radius 1 is 1.38 bits per heavy atom. The summed E-state index contributed by atoms with van der Waals surface area (Å²) in [4.78, 5) is 11.8. The lowest BCUT2D eigenvalue weighted by Crippen LogP contribution is -2.22. The van der Waals surface area contributed by atoms with E-state index in [2.05, 4.69) is 10.2 Å². The van der Waals surface area contributed by atoms with Crippen LogP contribution in [-0.2, 0) is 17.1 Å². The highest BCUT2D eigenvalue weighted by atomic mass is 35.5. The lowest BCUT2D eigenvalue weighted by molar-refractivity contribution is -0.125. The summed E-state index contributed by atoms with van der Waals surface area (Å²) < 4.78 is 0. The van der Waals surface area contributed by atoms with Gasteiger partial charge in [0, 0.05) is 11.0 Å². The minimum atomic E-state index is -0.373. The van der Waals surface area contributed by atoms with E-state index < -0.39 is 0 Å². The van der Waals surface area contributed by atoms with Gasteiger partial charge in [0.05, 0.1) is 18.0 Å². The fourth-order valence-electron chi connectivity index (χ4n) is 1.07. The third kappa shape index (κ3) is 3.42. The summed E-state index contributed by atoms with van der Waals surface area (Å²) in [7, 11) is 0. The molecule has 1 aromatic heterocycles. The van der Waals surface area contributed by atoms with Crippen LogP contribution in [0.1, 0.15) is 32.0 Å². The first-order valence-electron chi connectivity index (χ1n) is 4.95. The molecule has 1 aromatic rings. The minimum absolute atomic E-state index is 0.115. The number of carbonyl (C=O) groups is 1. The van der Waals surface area contributed by atoms with E-state index in [1.165, 1.54) is 0 Å². The van der Waals surface area contributed by atoms with Gasteiger partial charge in [-0.3, -0.25) is 4.79 Å². The molecule has 0 spiro atoms. The van der Waals surface area contributed by atoms with Crippen LogP contribution in [-0.4, -0.2) is 16.0 Å². The van der Waals surface area contributed by atoms with E-state index in [9.17, 15) is 4.79 Å². The van der Waals surface area contributed by atoms with Crippen LogP contribution in [0.25, 0.3) is 0 Å². The van der Waals surface area contributed by atoms with Crippen molar-refractivity contribution in [1.29, 1.82) is 0 Å². The van der Waals surface area contributed by atoms with Crippen LogP contribution < -0.4 is 0 Å². The van der Waals surface area contributed by atoms with E-state index in [1.54, 1.807) is 6.07 Å². The van der Waals surface area contributed by atoms with Crippen LogP contribution in [0.5, 0.6) is 0 Å². The summed E-state index contributed by atoms with van der Waals surface area (Å²) >= 11 is 11.5. The fourth-order valence-corrected chi connectivity index (χ4v) is 1.50. The number of hydrogen-bond acceptors (Lipinski definition) is 3. The van der Waals surface area contributed by atoms with Gasteiger partial charge in [0.1, 0.15) is 5.78 Å². The Hall–Kier alpha value is -0.670. The third-order valence-electron chi connectivity index (χ3n) is 2.19. The minimum Gasteiger partial charge on any atom is -0.299 e. The smallest absolute Gasteiger partial charge is 0.156 e. The molecule has 0 N–H and O–H groups in total. The van der Waals surface area contributed by atoms with Gasteiger partial charge >= 0.3 is 0 Å². The third-order valence-corrected chi connectivity index (χ3v) is 2.80. The highest BCUT2D eigenvalue weighted by Gasteiger charge is 2.22. The zero-order valence-corrected chi connectivity index (χ0v) is 11.1. The van der Waals surface area contributed by atoms with Crippen molar-refractivity contribution in [3.63, 3.8) is 0 Å². The second-order valence-electron chi connectivity index (χ2n) is 4.64. The number of halogens is 2. The molecule has 0 radical (unpaired) electrons. The van der Waals surface area contributed by atoms with Crippen LogP contribution in [0, 0.1) is 5.41 Å². The first-order valence-corrected chi connectivity index (χ1v) is 5.86. The van der Waals surface area contributed by atoms with E-state index in [0.29, 0.717) is 16.4 Å². The number of nitrogens with zero attached hydrogens (tertiary/aromatic N) is 2. The zero-order valence-electron chi connectivity index (χ0n) is 9.55. The number of hydrogen-bond donors (Lipinski definition) is 0. The highest BCUT2D eigenvalue weighted by molar-refractivity contribution is 6.31. The van der Waals surface area contributed by atoms with Gasteiger partial charge in [0.15, 0.2) is 5.15 Å². The molecule has 3 nitrogen and oxygen atoms in total. The Labute approximate surface area is 105 Å². The van der Waals surface area contributed by atoms with Gasteiger partial charge in [0.2, 0.25) is 0 Å². The molecule has 0 unspecified atom stereocenters. The van der Waals surface area contributed by atoms with Crippen molar-refractivity contribution in [2.75, 3.05) is 0 Å². The van der Waals surface area contributed by atoms with Gasteiger partial charge in [-0.1, -0.05) is 32.4 Å². The topological polar surface area (TPSA) is 42.9 Å². The predicted octanol–water partition coefficient (Wildman–Crippen LogP) is 3.03. The standard InChI is InChI=1S/C11H14Cl2N2O/c1-11(2,3)9(16)5-8-4-7(6-12)10(13)15-14-8/h4H,5-6H2,1-3H3. The molecule has 16 heavy (non-hydrogen) atoms. The maximum atomic E-state index is 11.8. The average Bonchev–Trinajstić information content (AvgIpc) is 2.19. The maximum absolute atomic E-state index is 11.8. The van der Waals surface area contributed by atoms with Gasteiger partial charge in [0.25, 0.3) is 0 Å². The molecule has 0 aromatic carbocycles. The number of aromatic nitrogens is 2. The number of ketones is 1. The van der Waals surface area contributed by atoms with Crippen molar-refractivity contribution in [2.24, 2.45) is 5.41 Å². The molecule has 0 amide bonds. The SMILES string of the molecule is CC(C)(C)C(=O)Cc1cc(CCl)c(Cl)nn1. The summed E-state index contributed by atoms with van der Waals surface area (Å²) in [6.07, 6.45) is 0.261. The summed E-state index contributed by atoms with van der Waals surface area (Å²) in [5.41, 5.74) is 0.942. The summed E-state index contributed by atoms with van der Waals surface area (Å²) in [6, 6.07) is 1.73. The van der Waals surface area contributed by atoms with Gasteiger partial charge in [-0.2, -0.15) is 5.10 Å². The monoisotopic (exact) mass is 260 g/mol. The summed E-state index contributed by atoms with van der Waals surface area (Å²) in [6.45, 7) is 5.63. The molecule has 88 valence electrons. The Bertz CT molecular complexity index is 399. The largest absolute Gasteiger partial charge is 0.299 e. The van der Waals surface area contributed by atoms with Gasteiger partial charge < -0.3 is 0 Å². The van der Waals surface area contributed by atoms with E-state index in [1.807, 2.05) is 20.8 Å². The molecule has 0 fully saturated rings. The molecule has 0 bridgehead atoms. The van der Waals surface area contributed by atoms with Gasteiger partial charge in [-0.25, -0.2) is 0 Å². The number of carbonyl (C=O) groups excluding carboxylic acids is 1. The van der Waals surface area contributed by atoms with E-state index in [-0.39, 0.29) is 23.5 Å². The van der Waals surface area contributed by atoms with E-state index in [0.717, 1.165) is 0 Å². The molecule has 0 saturated carbocycles. The Morgan fingerprint density at radius 3 is 2.50 bits per heavy atom. The molecule has 0 aliphatic rings. The highest BCUT2D eigenvalue weighted by Crippen LogP contribution is 2.19.